The zero-order valence-corrected chi connectivity index (χ0v) is 12.4. The molecule has 3 nitrogen and oxygen atoms in total. The third-order valence-corrected chi connectivity index (χ3v) is 4.69. The van der Waals surface area contributed by atoms with E-state index in [1.807, 2.05) is 27.7 Å². The van der Waals surface area contributed by atoms with E-state index in [2.05, 4.69) is 5.32 Å². The van der Waals surface area contributed by atoms with Crippen LogP contribution in [0.5, 0.6) is 0 Å². The standard InChI is InChI=1S/C14H23F3N2O/c1-5-9(4)10-12(20)19(11(18-10)8(2)3)13(6-7-13)14(15,16)17/h8-11,18H,5-7H2,1-4H3. The highest BCUT2D eigenvalue weighted by Gasteiger charge is 2.71. The zero-order valence-electron chi connectivity index (χ0n) is 12.4. The highest BCUT2D eigenvalue weighted by atomic mass is 19.4. The molecular weight excluding hydrogens is 269 g/mol. The quantitative estimate of drug-likeness (QED) is 0.864. The molecule has 0 bridgehead atoms. The fraction of sp³-hybridized carbons (Fsp3) is 0.929. The maximum absolute atomic E-state index is 13.3. The van der Waals surface area contributed by atoms with Crippen molar-refractivity contribution in [3.05, 3.63) is 0 Å². The molecule has 0 aromatic rings. The Labute approximate surface area is 117 Å². The van der Waals surface area contributed by atoms with Crippen LogP contribution < -0.4 is 5.32 Å². The molecule has 1 amide bonds. The second-order valence-corrected chi connectivity index (χ2v) is 6.46. The van der Waals surface area contributed by atoms with Crippen LogP contribution in [0.1, 0.15) is 47.0 Å². The molecule has 2 rings (SSSR count). The largest absolute Gasteiger partial charge is 0.411 e. The van der Waals surface area contributed by atoms with Crippen molar-refractivity contribution in [3.8, 4) is 0 Å². The second kappa shape index (κ2) is 4.90. The Morgan fingerprint density at radius 3 is 2.25 bits per heavy atom. The molecule has 1 aliphatic heterocycles. The average Bonchev–Trinajstić information content (AvgIpc) is 3.07. The molecule has 1 saturated carbocycles. The van der Waals surface area contributed by atoms with Gasteiger partial charge in [-0.25, -0.2) is 0 Å². The van der Waals surface area contributed by atoms with Crippen LogP contribution in [0, 0.1) is 11.8 Å². The molecule has 2 aliphatic rings. The van der Waals surface area contributed by atoms with Gasteiger partial charge in [0.05, 0.1) is 12.2 Å². The molecule has 1 heterocycles. The molecule has 6 heteroatoms. The first kappa shape index (κ1) is 15.6. The number of alkyl halides is 3. The second-order valence-electron chi connectivity index (χ2n) is 6.46. The summed E-state index contributed by atoms with van der Waals surface area (Å²) in [6.07, 6.45) is -4.05. The van der Waals surface area contributed by atoms with Gasteiger partial charge in [0.15, 0.2) is 0 Å². The van der Waals surface area contributed by atoms with Crippen molar-refractivity contribution in [2.75, 3.05) is 0 Å². The third-order valence-electron chi connectivity index (χ3n) is 4.69. The lowest BCUT2D eigenvalue weighted by Gasteiger charge is -2.36. The summed E-state index contributed by atoms with van der Waals surface area (Å²) >= 11 is 0. The number of rotatable bonds is 4. The van der Waals surface area contributed by atoms with Crippen LogP contribution in [0.15, 0.2) is 0 Å². The van der Waals surface area contributed by atoms with Gasteiger partial charge in [0.1, 0.15) is 5.54 Å². The van der Waals surface area contributed by atoms with Gasteiger partial charge in [-0.15, -0.1) is 0 Å². The topological polar surface area (TPSA) is 32.3 Å². The van der Waals surface area contributed by atoms with Crippen molar-refractivity contribution >= 4 is 5.91 Å². The van der Waals surface area contributed by atoms with Crippen molar-refractivity contribution in [2.45, 2.75) is 70.9 Å². The first-order valence-electron chi connectivity index (χ1n) is 7.31. The molecule has 3 unspecified atom stereocenters. The Bertz CT molecular complexity index is 390. The van der Waals surface area contributed by atoms with Crippen molar-refractivity contribution in [3.63, 3.8) is 0 Å². The average molecular weight is 292 g/mol. The van der Waals surface area contributed by atoms with Crippen molar-refractivity contribution in [1.82, 2.24) is 10.2 Å². The van der Waals surface area contributed by atoms with Gasteiger partial charge in [-0.1, -0.05) is 34.1 Å². The molecule has 0 aromatic heterocycles. The molecular formula is C14H23F3N2O. The van der Waals surface area contributed by atoms with Gasteiger partial charge in [0.2, 0.25) is 5.91 Å². The van der Waals surface area contributed by atoms with Crippen LogP contribution in [-0.2, 0) is 4.79 Å². The normalized spacial score (nSPS) is 31.0. The van der Waals surface area contributed by atoms with E-state index in [1.165, 1.54) is 0 Å². The smallest absolute Gasteiger partial charge is 0.311 e. The van der Waals surface area contributed by atoms with E-state index in [4.69, 9.17) is 0 Å². The lowest BCUT2D eigenvalue weighted by atomic mass is 9.99. The summed E-state index contributed by atoms with van der Waals surface area (Å²) in [5, 5.41) is 3.14. The van der Waals surface area contributed by atoms with Crippen molar-refractivity contribution in [2.24, 2.45) is 11.8 Å². The summed E-state index contributed by atoms with van der Waals surface area (Å²) in [5.41, 5.74) is -1.92. The Hall–Kier alpha value is -0.780. The Balaban J connectivity index is 2.32. The molecule has 1 N–H and O–H groups in total. The number of amides is 1. The van der Waals surface area contributed by atoms with E-state index >= 15 is 0 Å². The summed E-state index contributed by atoms with van der Waals surface area (Å²) in [5.74, 6) is -0.390. The fourth-order valence-electron chi connectivity index (χ4n) is 3.01. The minimum Gasteiger partial charge on any atom is -0.311 e. The van der Waals surface area contributed by atoms with Crippen LogP contribution >= 0.6 is 0 Å². The van der Waals surface area contributed by atoms with Crippen LogP contribution in [0.2, 0.25) is 0 Å². The third kappa shape index (κ3) is 2.22. The minimum absolute atomic E-state index is 0.0281. The zero-order chi connectivity index (χ0) is 15.3. The Morgan fingerprint density at radius 1 is 1.35 bits per heavy atom. The molecule has 0 radical (unpaired) electrons. The van der Waals surface area contributed by atoms with E-state index in [9.17, 15) is 18.0 Å². The van der Waals surface area contributed by atoms with Crippen LogP contribution in [-0.4, -0.2) is 34.7 Å². The van der Waals surface area contributed by atoms with Gasteiger partial charge in [-0.05, 0) is 24.7 Å². The number of halogens is 3. The Morgan fingerprint density at radius 2 is 1.90 bits per heavy atom. The lowest BCUT2D eigenvalue weighted by molar-refractivity contribution is -0.204. The Kier molecular flexibility index (Phi) is 3.82. The predicted octanol–water partition coefficient (Wildman–Crippen LogP) is 2.91. The SMILES string of the molecule is CCC(C)C1NC(C(C)C)N(C2(C(F)(F)F)CC2)C1=O. The van der Waals surface area contributed by atoms with E-state index in [0.29, 0.717) is 0 Å². The minimum atomic E-state index is -4.35. The van der Waals surface area contributed by atoms with E-state index < -0.39 is 23.9 Å². The molecule has 1 saturated heterocycles. The van der Waals surface area contributed by atoms with Gasteiger partial charge in [-0.3, -0.25) is 10.1 Å². The first-order valence-corrected chi connectivity index (χ1v) is 7.31. The number of nitrogens with zero attached hydrogens (tertiary/aromatic N) is 1. The van der Waals surface area contributed by atoms with Gasteiger partial charge < -0.3 is 4.90 Å². The number of hydrogen-bond donors (Lipinski definition) is 1. The van der Waals surface area contributed by atoms with Crippen molar-refractivity contribution in [1.29, 1.82) is 0 Å². The monoisotopic (exact) mass is 292 g/mol. The molecule has 1 aliphatic carbocycles. The van der Waals surface area contributed by atoms with E-state index in [1.54, 1.807) is 0 Å². The summed E-state index contributed by atoms with van der Waals surface area (Å²) in [6.45, 7) is 7.56. The molecule has 20 heavy (non-hydrogen) atoms. The van der Waals surface area contributed by atoms with Gasteiger partial charge in [-0.2, -0.15) is 13.2 Å². The molecule has 3 atom stereocenters. The molecule has 2 fully saturated rings. The van der Waals surface area contributed by atoms with Crippen molar-refractivity contribution < 1.29 is 18.0 Å². The van der Waals surface area contributed by atoms with Crippen LogP contribution in [0.4, 0.5) is 13.2 Å². The van der Waals surface area contributed by atoms with E-state index in [-0.39, 0.29) is 30.6 Å². The maximum atomic E-state index is 13.3. The summed E-state index contributed by atoms with van der Waals surface area (Å²) in [7, 11) is 0. The first-order chi connectivity index (χ1) is 9.15. The summed E-state index contributed by atoms with van der Waals surface area (Å²) in [6, 6.07) is -0.493. The number of hydrogen-bond acceptors (Lipinski definition) is 2. The summed E-state index contributed by atoms with van der Waals surface area (Å²) < 4.78 is 40.0. The maximum Gasteiger partial charge on any atom is 0.411 e. The van der Waals surface area contributed by atoms with Crippen LogP contribution in [0.3, 0.4) is 0 Å². The predicted molar refractivity (Wildman–Crippen MR) is 69.9 cm³/mol. The number of nitrogens with one attached hydrogen (secondary N) is 1. The lowest BCUT2D eigenvalue weighted by Crippen LogP contribution is -2.55. The van der Waals surface area contributed by atoms with Gasteiger partial charge in [0.25, 0.3) is 0 Å². The van der Waals surface area contributed by atoms with Crippen LogP contribution in [0.25, 0.3) is 0 Å². The molecule has 116 valence electrons. The highest BCUT2D eigenvalue weighted by molar-refractivity contribution is 5.86. The molecule has 0 spiro atoms. The van der Waals surface area contributed by atoms with Gasteiger partial charge in [0, 0.05) is 0 Å². The number of carbonyl (C=O) groups is 1. The van der Waals surface area contributed by atoms with E-state index in [0.717, 1.165) is 11.3 Å². The summed E-state index contributed by atoms with van der Waals surface area (Å²) in [4.78, 5) is 13.6. The fourth-order valence-corrected chi connectivity index (χ4v) is 3.01. The molecule has 0 aromatic carbocycles. The highest BCUT2D eigenvalue weighted by Crippen LogP contribution is 2.55. The van der Waals surface area contributed by atoms with Gasteiger partial charge >= 0.3 is 6.18 Å². The number of carbonyl (C=O) groups excluding carboxylic acids is 1.